The smallest absolute Gasteiger partial charge is 0.238 e. The third-order valence-electron chi connectivity index (χ3n) is 8.85. The fraction of sp³-hybridized carbons (Fsp3) is 0.351. The molecule has 0 unspecified atom stereocenters. The number of amides is 2. The van der Waals surface area contributed by atoms with Gasteiger partial charge in [0.05, 0.1) is 36.8 Å². The molecule has 1 aliphatic carbocycles. The van der Waals surface area contributed by atoms with E-state index < -0.39 is 23.9 Å². The third kappa shape index (κ3) is 7.04. The number of phenols is 1. The maximum Gasteiger partial charge on any atom is 0.238 e. The minimum Gasteiger partial charge on any atom is -0.507 e. The van der Waals surface area contributed by atoms with Crippen LogP contribution in [0.4, 0.5) is 17.1 Å². The molecule has 3 aromatic rings. The molecule has 1 saturated heterocycles. The quantitative estimate of drug-likeness (QED) is 0.134. The number of phenolic OH excluding ortho intramolecular Hbond substituents is 1. The molecular weight excluding hydrogens is 568 g/mol. The van der Waals surface area contributed by atoms with Gasteiger partial charge in [-0.05, 0) is 79.3 Å². The second-order valence-electron chi connectivity index (χ2n) is 11.8. The maximum atomic E-state index is 13.9. The minimum atomic E-state index is -0.932. The monoisotopic (exact) mass is 610 g/mol. The Morgan fingerprint density at radius 3 is 2.33 bits per heavy atom. The SMILES string of the molecule is CCC/C(=C\c1ccccc1O)CC[C@@H](O)C1=C(COC)C[C@H]2C(=O)N(c3ccc(Nc4ccccc4)cc3)C(=O)[C@H]2[C@H]1CO. The number of aromatic hydroxyl groups is 1. The van der Waals surface area contributed by atoms with Gasteiger partial charge in [0.2, 0.25) is 11.8 Å². The number of benzene rings is 3. The highest BCUT2D eigenvalue weighted by atomic mass is 16.5. The summed E-state index contributed by atoms with van der Waals surface area (Å²) in [5, 5.41) is 35.8. The van der Waals surface area contributed by atoms with E-state index in [0.29, 0.717) is 24.1 Å². The van der Waals surface area contributed by atoms with E-state index in [0.717, 1.165) is 40.9 Å². The Kier molecular flexibility index (Phi) is 10.5. The zero-order valence-electron chi connectivity index (χ0n) is 25.9. The van der Waals surface area contributed by atoms with Gasteiger partial charge in [-0.1, -0.05) is 61.4 Å². The number of carbonyl (C=O) groups excluding carboxylic acids is 2. The fourth-order valence-corrected chi connectivity index (χ4v) is 6.80. The summed E-state index contributed by atoms with van der Waals surface area (Å²) in [6.07, 6.45) is 3.98. The lowest BCUT2D eigenvalue weighted by atomic mass is 9.68. The molecule has 1 heterocycles. The van der Waals surface area contributed by atoms with E-state index >= 15 is 0 Å². The third-order valence-corrected chi connectivity index (χ3v) is 8.85. The van der Waals surface area contributed by atoms with Crippen LogP contribution >= 0.6 is 0 Å². The van der Waals surface area contributed by atoms with Crippen molar-refractivity contribution < 1.29 is 29.6 Å². The van der Waals surface area contributed by atoms with Crippen molar-refractivity contribution in [1.29, 1.82) is 0 Å². The molecule has 236 valence electrons. The Morgan fingerprint density at radius 2 is 1.67 bits per heavy atom. The summed E-state index contributed by atoms with van der Waals surface area (Å²) < 4.78 is 5.49. The second kappa shape index (κ2) is 14.7. The van der Waals surface area contributed by atoms with Gasteiger partial charge in [0.1, 0.15) is 5.75 Å². The molecule has 0 radical (unpaired) electrons. The van der Waals surface area contributed by atoms with Gasteiger partial charge in [-0.2, -0.15) is 0 Å². The second-order valence-corrected chi connectivity index (χ2v) is 11.8. The van der Waals surface area contributed by atoms with Gasteiger partial charge in [-0.25, -0.2) is 0 Å². The molecule has 0 spiro atoms. The molecule has 45 heavy (non-hydrogen) atoms. The largest absolute Gasteiger partial charge is 0.507 e. The first-order valence-electron chi connectivity index (χ1n) is 15.6. The number of hydrogen-bond acceptors (Lipinski definition) is 7. The summed E-state index contributed by atoms with van der Waals surface area (Å²) in [6, 6.07) is 24.0. The van der Waals surface area contributed by atoms with Crippen LogP contribution in [0.15, 0.2) is 95.6 Å². The Balaban J connectivity index is 1.36. The molecule has 8 nitrogen and oxygen atoms in total. The van der Waals surface area contributed by atoms with Gasteiger partial charge in [-0.15, -0.1) is 0 Å². The Labute approximate surface area is 264 Å². The average Bonchev–Trinajstić information content (AvgIpc) is 3.30. The zero-order valence-corrected chi connectivity index (χ0v) is 25.9. The number of anilines is 3. The number of nitrogens with one attached hydrogen (secondary N) is 1. The molecule has 2 amide bonds. The number of methoxy groups -OCH3 is 1. The topological polar surface area (TPSA) is 119 Å². The summed E-state index contributed by atoms with van der Waals surface area (Å²) in [5.74, 6) is -2.59. The number of fused-ring (bicyclic) bond motifs is 1. The Bertz CT molecular complexity index is 1550. The van der Waals surface area contributed by atoms with Crippen molar-refractivity contribution in [2.75, 3.05) is 30.5 Å². The number of ether oxygens (including phenoxy) is 1. The standard InChI is InChI=1S/C37H42N2O6/c1-3-9-24(20-25-10-7-8-13-32(25)41)14-19-33(42)34-26(23-45-2)21-30-35(31(34)22-40)37(44)39(36(30)43)29-17-15-28(16-18-29)38-27-11-5-4-6-12-27/h4-8,10-13,15-18,20,30-31,33,35,38,40-42H,3,9,14,19,21-23H2,1-2H3/b24-20+/t30-,31+,33-,35-/m1/s1. The molecule has 0 saturated carbocycles. The lowest BCUT2D eigenvalue weighted by molar-refractivity contribution is -0.123. The van der Waals surface area contributed by atoms with Crippen molar-refractivity contribution in [3.63, 3.8) is 0 Å². The van der Waals surface area contributed by atoms with Crippen LogP contribution in [0.1, 0.15) is 44.6 Å². The lowest BCUT2D eigenvalue weighted by Gasteiger charge is -2.36. The van der Waals surface area contributed by atoms with Gasteiger partial charge in [0.25, 0.3) is 0 Å². The number of hydrogen-bond donors (Lipinski definition) is 4. The van der Waals surface area contributed by atoms with Crippen LogP contribution in [0.5, 0.6) is 5.75 Å². The highest BCUT2D eigenvalue weighted by Gasteiger charge is 2.55. The highest BCUT2D eigenvalue weighted by molar-refractivity contribution is 6.22. The zero-order chi connectivity index (χ0) is 31.9. The van der Waals surface area contributed by atoms with Crippen molar-refractivity contribution in [3.05, 3.63) is 101 Å². The van der Waals surface area contributed by atoms with Crippen LogP contribution in [-0.2, 0) is 14.3 Å². The van der Waals surface area contributed by atoms with E-state index in [1.165, 1.54) is 4.90 Å². The molecule has 0 bridgehead atoms. The van der Waals surface area contributed by atoms with Gasteiger partial charge in [0.15, 0.2) is 0 Å². The van der Waals surface area contributed by atoms with Crippen LogP contribution < -0.4 is 10.2 Å². The van der Waals surface area contributed by atoms with Crippen molar-refractivity contribution >= 4 is 35.0 Å². The summed E-state index contributed by atoms with van der Waals surface area (Å²) in [7, 11) is 1.56. The van der Waals surface area contributed by atoms with Gasteiger partial charge in [0, 0.05) is 30.0 Å². The molecule has 2 aliphatic rings. The fourth-order valence-electron chi connectivity index (χ4n) is 6.80. The van der Waals surface area contributed by atoms with Gasteiger partial charge < -0.3 is 25.4 Å². The van der Waals surface area contributed by atoms with E-state index in [-0.39, 0.29) is 37.2 Å². The predicted molar refractivity (Wildman–Crippen MR) is 176 cm³/mol. The number of allylic oxidation sites excluding steroid dienone is 1. The van der Waals surface area contributed by atoms with Crippen LogP contribution in [-0.4, -0.2) is 53.6 Å². The predicted octanol–water partition coefficient (Wildman–Crippen LogP) is 6.22. The van der Waals surface area contributed by atoms with Crippen LogP contribution in [0.3, 0.4) is 0 Å². The molecule has 0 aromatic heterocycles. The van der Waals surface area contributed by atoms with Gasteiger partial charge >= 0.3 is 0 Å². The average molecular weight is 611 g/mol. The number of rotatable bonds is 13. The first kappa shape index (κ1) is 32.2. The van der Waals surface area contributed by atoms with E-state index in [2.05, 4.69) is 12.2 Å². The molecule has 8 heteroatoms. The number of nitrogens with zero attached hydrogens (tertiary/aromatic N) is 1. The molecule has 4 N–H and O–H groups in total. The Hall–Kier alpha value is -4.24. The molecule has 1 aliphatic heterocycles. The Morgan fingerprint density at radius 1 is 0.978 bits per heavy atom. The van der Waals surface area contributed by atoms with Crippen molar-refractivity contribution in [3.8, 4) is 5.75 Å². The number of carbonyl (C=O) groups is 2. The summed E-state index contributed by atoms with van der Waals surface area (Å²) in [4.78, 5) is 28.9. The number of para-hydroxylation sites is 2. The molecule has 1 fully saturated rings. The van der Waals surface area contributed by atoms with E-state index in [1.54, 1.807) is 31.4 Å². The summed E-state index contributed by atoms with van der Waals surface area (Å²) in [6.45, 7) is 1.91. The molecule has 4 atom stereocenters. The van der Waals surface area contributed by atoms with Crippen molar-refractivity contribution in [1.82, 2.24) is 0 Å². The maximum absolute atomic E-state index is 13.9. The van der Waals surface area contributed by atoms with Gasteiger partial charge in [-0.3, -0.25) is 14.5 Å². The molecular formula is C37H42N2O6. The first-order valence-corrected chi connectivity index (χ1v) is 15.6. The molecule has 5 rings (SSSR count). The first-order chi connectivity index (χ1) is 21.9. The van der Waals surface area contributed by atoms with Crippen LogP contribution in [0.2, 0.25) is 0 Å². The van der Waals surface area contributed by atoms with E-state index in [4.69, 9.17) is 4.74 Å². The highest BCUT2D eigenvalue weighted by Crippen LogP contribution is 2.47. The van der Waals surface area contributed by atoms with Crippen LogP contribution in [0.25, 0.3) is 6.08 Å². The normalized spacial score (nSPS) is 20.8. The summed E-state index contributed by atoms with van der Waals surface area (Å²) in [5.41, 5.74) is 5.40. The van der Waals surface area contributed by atoms with Crippen molar-refractivity contribution in [2.24, 2.45) is 17.8 Å². The number of aliphatic hydroxyl groups excluding tert-OH is 2. The van der Waals surface area contributed by atoms with E-state index in [9.17, 15) is 24.9 Å². The molecule has 3 aromatic carbocycles. The minimum absolute atomic E-state index is 0.197. The van der Waals surface area contributed by atoms with Crippen molar-refractivity contribution in [2.45, 2.75) is 45.1 Å². The van der Waals surface area contributed by atoms with Crippen LogP contribution in [0, 0.1) is 17.8 Å². The lowest BCUT2D eigenvalue weighted by Crippen LogP contribution is -2.39. The summed E-state index contributed by atoms with van der Waals surface area (Å²) >= 11 is 0. The number of aliphatic hydroxyl groups is 2. The van der Waals surface area contributed by atoms with E-state index in [1.807, 2.05) is 60.7 Å². The number of imide groups is 1.